The van der Waals surface area contributed by atoms with Crippen molar-refractivity contribution in [2.45, 2.75) is 25.9 Å². The molecular weight excluding hydrogens is 350 g/mol. The monoisotopic (exact) mass is 375 g/mol. The Morgan fingerprint density at radius 3 is 2.85 bits per heavy atom. The van der Waals surface area contributed by atoms with E-state index in [4.69, 9.17) is 16.3 Å². The van der Waals surface area contributed by atoms with Crippen LogP contribution in [-0.2, 0) is 6.54 Å². The van der Waals surface area contributed by atoms with Gasteiger partial charge in [0.1, 0.15) is 11.6 Å². The van der Waals surface area contributed by atoms with Gasteiger partial charge in [0.25, 0.3) is 0 Å². The summed E-state index contributed by atoms with van der Waals surface area (Å²) in [5.41, 5.74) is 1.18. The van der Waals surface area contributed by atoms with Gasteiger partial charge in [0.15, 0.2) is 0 Å². The summed E-state index contributed by atoms with van der Waals surface area (Å²) in [6.07, 6.45) is 2.49. The number of pyridine rings is 1. The summed E-state index contributed by atoms with van der Waals surface area (Å²) in [5, 5.41) is 10.2. The summed E-state index contributed by atoms with van der Waals surface area (Å²) in [5.74, 6) is 1.76. The fourth-order valence-electron chi connectivity index (χ4n) is 3.48. The van der Waals surface area contributed by atoms with Crippen molar-refractivity contribution in [2.24, 2.45) is 0 Å². The average molecular weight is 376 g/mol. The fourth-order valence-corrected chi connectivity index (χ4v) is 3.72. The molecule has 1 N–H and O–H groups in total. The first-order valence-corrected chi connectivity index (χ1v) is 9.51. The van der Waals surface area contributed by atoms with Crippen molar-refractivity contribution in [3.63, 3.8) is 0 Å². The van der Waals surface area contributed by atoms with Gasteiger partial charge in [-0.1, -0.05) is 29.8 Å². The number of hydrogen-bond acceptors (Lipinski definition) is 5. The highest BCUT2D eigenvalue weighted by molar-refractivity contribution is 6.32. The topological polar surface area (TPSA) is 48.8 Å². The Kier molecular flexibility index (Phi) is 6.72. The fraction of sp³-hybridized carbons (Fsp3) is 0.450. The highest BCUT2D eigenvalue weighted by Gasteiger charge is 2.28. The van der Waals surface area contributed by atoms with Crippen LogP contribution in [0.5, 0.6) is 5.75 Å². The van der Waals surface area contributed by atoms with Crippen LogP contribution in [0.1, 0.15) is 18.9 Å². The minimum Gasteiger partial charge on any atom is -0.494 e. The van der Waals surface area contributed by atoms with E-state index in [0.717, 1.165) is 44.2 Å². The number of anilines is 1. The van der Waals surface area contributed by atoms with Gasteiger partial charge in [-0.15, -0.1) is 0 Å². The molecule has 1 atom stereocenters. The second kappa shape index (κ2) is 9.21. The Labute approximate surface area is 160 Å². The third-order valence-electron chi connectivity index (χ3n) is 4.75. The van der Waals surface area contributed by atoms with Gasteiger partial charge in [0, 0.05) is 50.6 Å². The minimum atomic E-state index is 0.165. The molecule has 0 unspecified atom stereocenters. The Morgan fingerprint density at radius 1 is 1.23 bits per heavy atom. The van der Waals surface area contributed by atoms with E-state index in [-0.39, 0.29) is 12.6 Å². The van der Waals surface area contributed by atoms with E-state index < -0.39 is 0 Å². The summed E-state index contributed by atoms with van der Waals surface area (Å²) in [6.45, 7) is 6.17. The number of halogens is 1. The van der Waals surface area contributed by atoms with Crippen molar-refractivity contribution < 1.29 is 9.84 Å². The normalized spacial score (nSPS) is 18.1. The number of para-hydroxylation sites is 1. The molecule has 1 aliphatic heterocycles. The number of rotatable bonds is 7. The van der Waals surface area contributed by atoms with Gasteiger partial charge >= 0.3 is 0 Å². The van der Waals surface area contributed by atoms with E-state index in [1.807, 2.05) is 37.3 Å². The molecule has 0 bridgehead atoms. The lowest BCUT2D eigenvalue weighted by atomic mass is 10.1. The molecule has 140 valence electrons. The Morgan fingerprint density at radius 2 is 2.08 bits per heavy atom. The molecule has 5 nitrogen and oxygen atoms in total. The lowest BCUT2D eigenvalue weighted by Gasteiger charge is -2.42. The summed E-state index contributed by atoms with van der Waals surface area (Å²) in [4.78, 5) is 9.07. The molecule has 1 saturated heterocycles. The maximum atomic E-state index is 9.54. The van der Waals surface area contributed by atoms with Crippen LogP contribution < -0.4 is 9.64 Å². The van der Waals surface area contributed by atoms with E-state index in [0.29, 0.717) is 11.6 Å². The van der Waals surface area contributed by atoms with Crippen molar-refractivity contribution >= 4 is 17.4 Å². The Hall–Kier alpha value is -1.82. The average Bonchev–Trinajstić information content (AvgIpc) is 2.65. The largest absolute Gasteiger partial charge is 0.494 e. The van der Waals surface area contributed by atoms with Crippen molar-refractivity contribution in [2.75, 3.05) is 37.7 Å². The lowest BCUT2D eigenvalue weighted by Crippen LogP contribution is -2.53. The number of hydrogen-bond donors (Lipinski definition) is 1. The van der Waals surface area contributed by atoms with Gasteiger partial charge in [-0.25, -0.2) is 4.98 Å². The molecule has 6 heteroatoms. The number of ether oxygens (including phenoxy) is 1. The van der Waals surface area contributed by atoms with Crippen LogP contribution in [0.15, 0.2) is 42.6 Å². The lowest BCUT2D eigenvalue weighted by molar-refractivity contribution is 0.134. The van der Waals surface area contributed by atoms with Crippen LogP contribution in [0.25, 0.3) is 0 Å². The van der Waals surface area contributed by atoms with E-state index in [2.05, 4.69) is 20.9 Å². The third-order valence-corrected chi connectivity index (χ3v) is 5.05. The van der Waals surface area contributed by atoms with Crippen molar-refractivity contribution in [1.82, 2.24) is 9.88 Å². The van der Waals surface area contributed by atoms with Crippen LogP contribution in [-0.4, -0.2) is 53.9 Å². The first-order chi connectivity index (χ1) is 12.7. The second-order valence-electron chi connectivity index (χ2n) is 6.43. The van der Waals surface area contributed by atoms with Crippen molar-refractivity contribution in [3.05, 3.63) is 53.2 Å². The molecule has 0 aliphatic carbocycles. The number of nitrogens with zero attached hydrogens (tertiary/aromatic N) is 3. The van der Waals surface area contributed by atoms with Gasteiger partial charge in [0.05, 0.1) is 11.6 Å². The predicted molar refractivity (Wildman–Crippen MR) is 105 cm³/mol. The van der Waals surface area contributed by atoms with E-state index in [1.165, 1.54) is 5.56 Å². The molecule has 1 aromatic heterocycles. The number of piperazine rings is 1. The standard InChI is InChI=1S/C20H26ClN3O2/c1-2-26-19-8-4-3-6-16(19)14-23-11-12-24(15-17(23)9-13-25)20-18(21)7-5-10-22-20/h3-8,10,17,25H,2,9,11-15H2,1H3/t17-/m1/s1. The molecule has 2 heterocycles. The highest BCUT2D eigenvalue weighted by Crippen LogP contribution is 2.28. The first kappa shape index (κ1) is 19.0. The molecule has 1 aromatic carbocycles. The number of aliphatic hydroxyl groups excluding tert-OH is 1. The number of aromatic nitrogens is 1. The molecule has 0 amide bonds. The smallest absolute Gasteiger partial charge is 0.147 e. The zero-order valence-electron chi connectivity index (χ0n) is 15.1. The first-order valence-electron chi connectivity index (χ1n) is 9.14. The van der Waals surface area contributed by atoms with E-state index in [9.17, 15) is 5.11 Å². The quantitative estimate of drug-likeness (QED) is 0.805. The van der Waals surface area contributed by atoms with Crippen LogP contribution >= 0.6 is 11.6 Å². The SMILES string of the molecule is CCOc1ccccc1CN1CCN(c2ncccc2Cl)C[C@H]1CCO. The van der Waals surface area contributed by atoms with E-state index >= 15 is 0 Å². The molecule has 2 aromatic rings. The van der Waals surface area contributed by atoms with Crippen LogP contribution in [0, 0.1) is 0 Å². The summed E-state index contributed by atoms with van der Waals surface area (Å²) < 4.78 is 5.77. The summed E-state index contributed by atoms with van der Waals surface area (Å²) in [7, 11) is 0. The van der Waals surface area contributed by atoms with Gasteiger partial charge < -0.3 is 14.7 Å². The predicted octanol–water partition coefficient (Wildman–Crippen LogP) is 3.21. The Balaban J connectivity index is 1.74. The zero-order valence-corrected chi connectivity index (χ0v) is 15.9. The van der Waals surface area contributed by atoms with Gasteiger partial charge in [-0.05, 0) is 31.5 Å². The number of aliphatic hydroxyl groups is 1. The molecule has 26 heavy (non-hydrogen) atoms. The van der Waals surface area contributed by atoms with Gasteiger partial charge in [-0.2, -0.15) is 0 Å². The van der Waals surface area contributed by atoms with Crippen LogP contribution in [0.3, 0.4) is 0 Å². The molecule has 0 saturated carbocycles. The minimum absolute atomic E-state index is 0.165. The van der Waals surface area contributed by atoms with Gasteiger partial charge in [0.2, 0.25) is 0 Å². The van der Waals surface area contributed by atoms with Crippen molar-refractivity contribution in [1.29, 1.82) is 0 Å². The number of benzene rings is 1. The van der Waals surface area contributed by atoms with E-state index in [1.54, 1.807) is 6.20 Å². The molecule has 1 aliphatic rings. The molecule has 0 radical (unpaired) electrons. The summed E-state index contributed by atoms with van der Waals surface area (Å²) >= 11 is 6.32. The highest BCUT2D eigenvalue weighted by atomic mass is 35.5. The molecule has 3 rings (SSSR count). The molecule has 0 spiro atoms. The van der Waals surface area contributed by atoms with Crippen molar-refractivity contribution in [3.8, 4) is 5.75 Å². The maximum absolute atomic E-state index is 9.54. The maximum Gasteiger partial charge on any atom is 0.147 e. The summed E-state index contributed by atoms with van der Waals surface area (Å²) in [6, 6.07) is 12.1. The van der Waals surface area contributed by atoms with Crippen LogP contribution in [0.2, 0.25) is 5.02 Å². The molecular formula is C20H26ClN3O2. The zero-order chi connectivity index (χ0) is 18.4. The van der Waals surface area contributed by atoms with Gasteiger partial charge in [-0.3, -0.25) is 4.90 Å². The third kappa shape index (κ3) is 4.47. The second-order valence-corrected chi connectivity index (χ2v) is 6.84. The Bertz CT molecular complexity index is 713. The molecule has 1 fully saturated rings. The van der Waals surface area contributed by atoms with Crippen LogP contribution in [0.4, 0.5) is 5.82 Å².